The van der Waals surface area contributed by atoms with E-state index < -0.39 is 21.8 Å². The number of carbonyl (C=O) groups excluding carboxylic acids is 2. The molecule has 0 radical (unpaired) electrons. The Kier molecular flexibility index (Phi) is 5.69. The topological polar surface area (TPSA) is 92.8 Å². The van der Waals surface area contributed by atoms with Gasteiger partial charge in [0.05, 0.1) is 24.5 Å². The van der Waals surface area contributed by atoms with E-state index in [0.29, 0.717) is 18.5 Å². The minimum Gasteiger partial charge on any atom is -0.497 e. The molecule has 0 bridgehead atoms. The number of rotatable bonds is 6. The van der Waals surface area contributed by atoms with E-state index in [0.717, 1.165) is 15.6 Å². The zero-order chi connectivity index (χ0) is 20.3. The maximum absolute atomic E-state index is 12.3. The van der Waals surface area contributed by atoms with Crippen molar-refractivity contribution in [2.45, 2.75) is 13.3 Å². The maximum Gasteiger partial charge on any atom is 0.251 e. The first kappa shape index (κ1) is 19.9. The van der Waals surface area contributed by atoms with E-state index in [1.807, 2.05) is 24.3 Å². The molecule has 1 fully saturated rings. The Labute approximate surface area is 164 Å². The average molecular weight is 402 g/mol. The van der Waals surface area contributed by atoms with Gasteiger partial charge in [-0.05, 0) is 48.4 Å². The number of hydrogen-bond donors (Lipinski definition) is 1. The second-order valence-corrected chi connectivity index (χ2v) is 8.55. The van der Waals surface area contributed by atoms with Crippen LogP contribution in [0.1, 0.15) is 22.8 Å². The third-order valence-corrected chi connectivity index (χ3v) is 6.45. The third-order valence-electron chi connectivity index (χ3n) is 4.58. The molecule has 1 saturated heterocycles. The van der Waals surface area contributed by atoms with Crippen LogP contribution in [0.25, 0.3) is 0 Å². The predicted octanol–water partition coefficient (Wildman–Crippen LogP) is 1.98. The van der Waals surface area contributed by atoms with Crippen molar-refractivity contribution in [2.75, 3.05) is 23.7 Å². The van der Waals surface area contributed by atoms with E-state index in [2.05, 4.69) is 5.32 Å². The molecule has 0 saturated carbocycles. The molecule has 8 heteroatoms. The van der Waals surface area contributed by atoms with Crippen LogP contribution in [0.4, 0.5) is 5.69 Å². The van der Waals surface area contributed by atoms with E-state index >= 15 is 0 Å². The molecule has 3 rings (SSSR count). The minimum atomic E-state index is -3.65. The molecule has 1 unspecified atom stereocenters. The SMILES string of the molecule is COc1ccc(CCNC(=O)c2ccc(N3C(=O)C(C)CS3(=O)=O)cc2)cc1. The fraction of sp³-hybridized carbons (Fsp3) is 0.300. The first-order valence-electron chi connectivity index (χ1n) is 8.90. The number of ether oxygens (including phenoxy) is 1. The lowest BCUT2D eigenvalue weighted by Gasteiger charge is -2.15. The van der Waals surface area contributed by atoms with Gasteiger partial charge in [0, 0.05) is 12.1 Å². The molecule has 0 aliphatic carbocycles. The molecule has 7 nitrogen and oxygen atoms in total. The number of methoxy groups -OCH3 is 1. The summed E-state index contributed by atoms with van der Waals surface area (Å²) >= 11 is 0. The zero-order valence-electron chi connectivity index (χ0n) is 15.7. The Morgan fingerprint density at radius 3 is 2.32 bits per heavy atom. The normalized spacial score (nSPS) is 18.1. The number of anilines is 1. The highest BCUT2D eigenvalue weighted by atomic mass is 32.2. The highest BCUT2D eigenvalue weighted by molar-refractivity contribution is 7.94. The zero-order valence-corrected chi connectivity index (χ0v) is 16.5. The van der Waals surface area contributed by atoms with Crippen molar-refractivity contribution in [1.29, 1.82) is 0 Å². The van der Waals surface area contributed by atoms with Crippen molar-refractivity contribution in [3.05, 3.63) is 59.7 Å². The Morgan fingerprint density at radius 2 is 1.79 bits per heavy atom. The molecule has 0 spiro atoms. The van der Waals surface area contributed by atoms with Crippen molar-refractivity contribution in [1.82, 2.24) is 5.32 Å². The van der Waals surface area contributed by atoms with Crippen LogP contribution in [0.2, 0.25) is 0 Å². The molecular weight excluding hydrogens is 380 g/mol. The summed E-state index contributed by atoms with van der Waals surface area (Å²) in [5, 5.41) is 2.83. The van der Waals surface area contributed by atoms with Gasteiger partial charge >= 0.3 is 0 Å². The summed E-state index contributed by atoms with van der Waals surface area (Å²) in [4.78, 5) is 24.4. The molecule has 1 N–H and O–H groups in total. The van der Waals surface area contributed by atoms with Gasteiger partial charge in [0.25, 0.3) is 5.91 Å². The number of nitrogens with one attached hydrogen (secondary N) is 1. The molecule has 1 aliphatic rings. The maximum atomic E-state index is 12.3. The molecule has 1 aliphatic heterocycles. The highest BCUT2D eigenvalue weighted by Gasteiger charge is 2.41. The monoisotopic (exact) mass is 402 g/mol. The molecular formula is C20H22N2O5S. The van der Waals surface area contributed by atoms with Crippen molar-refractivity contribution >= 4 is 27.5 Å². The van der Waals surface area contributed by atoms with Gasteiger partial charge in [0.15, 0.2) is 0 Å². The van der Waals surface area contributed by atoms with Crippen LogP contribution in [0.5, 0.6) is 5.75 Å². The summed E-state index contributed by atoms with van der Waals surface area (Å²) in [6.45, 7) is 2.05. The minimum absolute atomic E-state index is 0.195. The van der Waals surface area contributed by atoms with Crippen molar-refractivity contribution in [2.24, 2.45) is 5.92 Å². The van der Waals surface area contributed by atoms with Crippen LogP contribution < -0.4 is 14.4 Å². The first-order valence-corrected chi connectivity index (χ1v) is 10.5. The van der Waals surface area contributed by atoms with Crippen LogP contribution in [0.15, 0.2) is 48.5 Å². The summed E-state index contributed by atoms with van der Waals surface area (Å²) < 4.78 is 30.2. The molecule has 2 aromatic carbocycles. The Balaban J connectivity index is 1.60. The first-order chi connectivity index (χ1) is 13.3. The van der Waals surface area contributed by atoms with E-state index in [-0.39, 0.29) is 17.3 Å². The molecule has 1 heterocycles. The van der Waals surface area contributed by atoms with Gasteiger partial charge in [-0.25, -0.2) is 12.7 Å². The van der Waals surface area contributed by atoms with Crippen LogP contribution in [-0.4, -0.2) is 39.6 Å². The Morgan fingerprint density at radius 1 is 1.14 bits per heavy atom. The van der Waals surface area contributed by atoms with E-state index in [4.69, 9.17) is 4.74 Å². The van der Waals surface area contributed by atoms with Gasteiger partial charge in [-0.15, -0.1) is 0 Å². The number of benzene rings is 2. The fourth-order valence-electron chi connectivity index (χ4n) is 3.05. The van der Waals surface area contributed by atoms with Crippen LogP contribution >= 0.6 is 0 Å². The van der Waals surface area contributed by atoms with Crippen molar-refractivity contribution in [3.63, 3.8) is 0 Å². The third kappa shape index (κ3) is 4.17. The summed E-state index contributed by atoms with van der Waals surface area (Å²) in [5.41, 5.74) is 1.73. The lowest BCUT2D eigenvalue weighted by Crippen LogP contribution is -2.30. The number of hydrogen-bond acceptors (Lipinski definition) is 5. The largest absolute Gasteiger partial charge is 0.497 e. The highest BCUT2D eigenvalue weighted by Crippen LogP contribution is 2.28. The number of nitrogens with zero attached hydrogens (tertiary/aromatic N) is 1. The van der Waals surface area contributed by atoms with Crippen LogP contribution in [-0.2, 0) is 21.2 Å². The standard InChI is InChI=1S/C20H22N2O5S/c1-14-13-28(25,26)22(20(14)24)17-7-5-16(6-8-17)19(23)21-12-11-15-3-9-18(27-2)10-4-15/h3-10,14H,11-13H2,1-2H3,(H,21,23). The average Bonchev–Trinajstić information content (AvgIpc) is 2.89. The van der Waals surface area contributed by atoms with E-state index in [1.54, 1.807) is 14.0 Å². The van der Waals surface area contributed by atoms with Gasteiger partial charge < -0.3 is 10.1 Å². The molecule has 28 heavy (non-hydrogen) atoms. The molecule has 2 amide bonds. The molecule has 0 aromatic heterocycles. The Hall–Kier alpha value is -2.87. The quantitative estimate of drug-likeness (QED) is 0.798. The predicted molar refractivity (Wildman–Crippen MR) is 106 cm³/mol. The lowest BCUT2D eigenvalue weighted by molar-refractivity contribution is -0.119. The van der Waals surface area contributed by atoms with Crippen LogP contribution in [0, 0.1) is 5.92 Å². The van der Waals surface area contributed by atoms with Crippen molar-refractivity contribution in [3.8, 4) is 5.75 Å². The smallest absolute Gasteiger partial charge is 0.251 e. The number of sulfonamides is 1. The van der Waals surface area contributed by atoms with Gasteiger partial charge in [0.1, 0.15) is 5.75 Å². The van der Waals surface area contributed by atoms with E-state index in [1.165, 1.54) is 24.3 Å². The summed E-state index contributed by atoms with van der Waals surface area (Å²) in [6.07, 6.45) is 0.673. The van der Waals surface area contributed by atoms with Gasteiger partial charge in [-0.1, -0.05) is 19.1 Å². The second kappa shape index (κ2) is 8.02. The van der Waals surface area contributed by atoms with Crippen LogP contribution in [0.3, 0.4) is 0 Å². The second-order valence-electron chi connectivity index (χ2n) is 6.68. The lowest BCUT2D eigenvalue weighted by atomic mass is 10.1. The number of carbonyl (C=O) groups is 2. The van der Waals surface area contributed by atoms with Gasteiger partial charge in [0.2, 0.25) is 15.9 Å². The van der Waals surface area contributed by atoms with E-state index in [9.17, 15) is 18.0 Å². The van der Waals surface area contributed by atoms with Crippen molar-refractivity contribution < 1.29 is 22.7 Å². The molecule has 2 aromatic rings. The summed E-state index contributed by atoms with van der Waals surface area (Å²) in [7, 11) is -2.04. The summed E-state index contributed by atoms with van der Waals surface area (Å²) in [6, 6.07) is 13.6. The van der Waals surface area contributed by atoms with Gasteiger partial charge in [-0.3, -0.25) is 9.59 Å². The summed E-state index contributed by atoms with van der Waals surface area (Å²) in [5.74, 6) is -0.688. The molecule has 1 atom stereocenters. The molecule has 148 valence electrons. The fourth-order valence-corrected chi connectivity index (χ4v) is 4.87. The Bertz CT molecular complexity index is 969. The number of amides is 2. The van der Waals surface area contributed by atoms with Gasteiger partial charge in [-0.2, -0.15) is 0 Å².